The lowest BCUT2D eigenvalue weighted by atomic mass is 9.96. The lowest BCUT2D eigenvalue weighted by Gasteiger charge is -2.31. The first kappa shape index (κ1) is 14.3. The topological polar surface area (TPSA) is 62.2 Å². The fourth-order valence-corrected chi connectivity index (χ4v) is 3.45. The quantitative estimate of drug-likeness (QED) is 0.880. The van der Waals surface area contributed by atoms with Crippen LogP contribution in [0.5, 0.6) is 0 Å². The molecule has 1 aromatic rings. The van der Waals surface area contributed by atoms with Crippen molar-refractivity contribution in [3.8, 4) is 0 Å². The summed E-state index contributed by atoms with van der Waals surface area (Å²) in [6, 6.07) is 1.73. The van der Waals surface area contributed by atoms with Crippen molar-refractivity contribution in [3.63, 3.8) is 0 Å². The summed E-state index contributed by atoms with van der Waals surface area (Å²) in [5, 5.41) is 13.2. The molecule has 0 saturated carbocycles. The van der Waals surface area contributed by atoms with E-state index in [4.69, 9.17) is 0 Å². The van der Waals surface area contributed by atoms with Gasteiger partial charge < -0.3 is 10.4 Å². The molecule has 5 heteroatoms. The zero-order valence-corrected chi connectivity index (χ0v) is 12.0. The Kier molecular flexibility index (Phi) is 4.82. The molecule has 2 N–H and O–H groups in total. The van der Waals surface area contributed by atoms with Gasteiger partial charge in [0.05, 0.1) is 5.60 Å². The summed E-state index contributed by atoms with van der Waals surface area (Å²) in [6.45, 7) is 2.33. The fraction of sp³-hybridized carbons (Fsp3) is 0.571. The van der Waals surface area contributed by atoms with Crippen molar-refractivity contribution in [3.05, 3.63) is 29.6 Å². The fourth-order valence-electron chi connectivity index (χ4n) is 2.20. The highest BCUT2D eigenvalue weighted by Crippen LogP contribution is 2.26. The summed E-state index contributed by atoms with van der Waals surface area (Å²) in [7, 11) is 0. The van der Waals surface area contributed by atoms with E-state index >= 15 is 0 Å². The predicted octanol–water partition coefficient (Wildman–Crippen LogP) is 1.63. The molecule has 0 bridgehead atoms. The van der Waals surface area contributed by atoms with E-state index in [0.29, 0.717) is 12.1 Å². The van der Waals surface area contributed by atoms with Gasteiger partial charge in [0.1, 0.15) is 0 Å². The van der Waals surface area contributed by atoms with Crippen LogP contribution in [0.4, 0.5) is 0 Å². The van der Waals surface area contributed by atoms with Gasteiger partial charge in [0.2, 0.25) is 0 Å². The van der Waals surface area contributed by atoms with Crippen molar-refractivity contribution >= 4 is 17.7 Å². The zero-order chi connectivity index (χ0) is 13.7. The van der Waals surface area contributed by atoms with E-state index in [1.807, 2.05) is 18.7 Å². The van der Waals surface area contributed by atoms with Crippen LogP contribution in [0.25, 0.3) is 0 Å². The van der Waals surface area contributed by atoms with E-state index in [9.17, 15) is 9.90 Å². The van der Waals surface area contributed by atoms with Gasteiger partial charge >= 0.3 is 0 Å². The third-order valence-electron chi connectivity index (χ3n) is 3.53. The number of nitrogens with zero attached hydrogens (tertiary/aromatic N) is 1. The molecule has 2 heterocycles. The van der Waals surface area contributed by atoms with Crippen LogP contribution in [0, 0.1) is 0 Å². The second-order valence-electron chi connectivity index (χ2n) is 4.91. The molecule has 0 unspecified atom stereocenters. The summed E-state index contributed by atoms with van der Waals surface area (Å²) in [6.07, 6.45) is 5.61. The maximum absolute atomic E-state index is 12.2. The largest absolute Gasteiger partial charge is 0.388 e. The van der Waals surface area contributed by atoms with Gasteiger partial charge in [0, 0.05) is 24.5 Å². The number of thioether (sulfide) groups is 1. The first-order valence-electron chi connectivity index (χ1n) is 6.66. The van der Waals surface area contributed by atoms with Gasteiger partial charge in [-0.15, -0.1) is 0 Å². The maximum atomic E-state index is 12.2. The molecule has 0 radical (unpaired) electrons. The number of hydrogen-bond donors (Lipinski definition) is 2. The summed E-state index contributed by atoms with van der Waals surface area (Å²) in [5.74, 6) is 1.80. The molecular weight excluding hydrogens is 260 g/mol. The van der Waals surface area contributed by atoms with E-state index in [-0.39, 0.29) is 5.91 Å². The molecule has 0 aromatic carbocycles. The van der Waals surface area contributed by atoms with Crippen LogP contribution in [0.2, 0.25) is 0 Å². The minimum absolute atomic E-state index is 0.120. The van der Waals surface area contributed by atoms with Gasteiger partial charge in [-0.3, -0.25) is 9.78 Å². The smallest absolute Gasteiger partial charge is 0.251 e. The van der Waals surface area contributed by atoms with Crippen LogP contribution in [-0.4, -0.2) is 39.6 Å². The molecular formula is C14H20N2O2S. The van der Waals surface area contributed by atoms with Crippen molar-refractivity contribution in [1.29, 1.82) is 0 Å². The van der Waals surface area contributed by atoms with Crippen LogP contribution < -0.4 is 5.32 Å². The van der Waals surface area contributed by atoms with Crippen LogP contribution in [-0.2, 0) is 6.42 Å². The van der Waals surface area contributed by atoms with E-state index in [1.54, 1.807) is 18.5 Å². The van der Waals surface area contributed by atoms with Gasteiger partial charge in [-0.1, -0.05) is 6.92 Å². The molecule has 1 amide bonds. The Hall–Kier alpha value is -1.07. The number of rotatable bonds is 4. The average molecular weight is 280 g/mol. The molecule has 0 spiro atoms. The van der Waals surface area contributed by atoms with Gasteiger partial charge in [-0.25, -0.2) is 0 Å². The first-order chi connectivity index (χ1) is 9.14. The summed E-state index contributed by atoms with van der Waals surface area (Å²) in [5.41, 5.74) is 0.859. The van der Waals surface area contributed by atoms with Crippen molar-refractivity contribution in [2.24, 2.45) is 0 Å². The molecule has 1 aromatic heterocycles. The number of aryl methyl sites for hydroxylation is 1. The van der Waals surface area contributed by atoms with Crippen LogP contribution in [0.1, 0.15) is 35.7 Å². The number of carbonyl (C=O) groups excluding carboxylic acids is 1. The van der Waals surface area contributed by atoms with E-state index in [1.165, 1.54) is 0 Å². The number of carbonyl (C=O) groups is 1. The van der Waals surface area contributed by atoms with Gasteiger partial charge in [0.15, 0.2) is 0 Å². The maximum Gasteiger partial charge on any atom is 0.251 e. The van der Waals surface area contributed by atoms with Gasteiger partial charge in [-0.05, 0) is 42.4 Å². The Morgan fingerprint density at radius 2 is 2.26 bits per heavy atom. The highest BCUT2D eigenvalue weighted by molar-refractivity contribution is 7.99. The standard InChI is InChI=1S/C14H20N2O2S/c1-2-11-9-15-6-3-12(11)13(17)16-10-14(18)4-7-19-8-5-14/h3,6,9,18H,2,4-5,7-8,10H2,1H3,(H,16,17). The van der Waals surface area contributed by atoms with Crippen molar-refractivity contribution in [2.45, 2.75) is 31.8 Å². The normalized spacial score (nSPS) is 18.0. The minimum Gasteiger partial charge on any atom is -0.388 e. The van der Waals surface area contributed by atoms with E-state index < -0.39 is 5.60 Å². The molecule has 1 aliphatic rings. The Bertz CT molecular complexity index is 445. The summed E-state index contributed by atoms with van der Waals surface area (Å²) < 4.78 is 0. The molecule has 1 saturated heterocycles. The molecule has 0 aliphatic carbocycles. The number of amides is 1. The van der Waals surface area contributed by atoms with Crippen LogP contribution in [0.3, 0.4) is 0 Å². The Balaban J connectivity index is 1.97. The average Bonchev–Trinajstić information content (AvgIpc) is 2.45. The van der Waals surface area contributed by atoms with Crippen molar-refractivity contribution in [1.82, 2.24) is 10.3 Å². The van der Waals surface area contributed by atoms with Gasteiger partial charge in [0.25, 0.3) is 5.91 Å². The third kappa shape index (κ3) is 3.70. The Morgan fingerprint density at radius 3 is 2.95 bits per heavy atom. The molecule has 4 nitrogen and oxygen atoms in total. The highest BCUT2D eigenvalue weighted by atomic mass is 32.2. The molecule has 19 heavy (non-hydrogen) atoms. The number of pyridine rings is 1. The molecule has 0 atom stereocenters. The monoisotopic (exact) mass is 280 g/mol. The SMILES string of the molecule is CCc1cnccc1C(=O)NCC1(O)CCSCC1. The van der Waals surface area contributed by atoms with E-state index in [0.717, 1.165) is 36.3 Å². The molecule has 2 rings (SSSR count). The second kappa shape index (κ2) is 6.39. The van der Waals surface area contributed by atoms with Crippen molar-refractivity contribution < 1.29 is 9.90 Å². The van der Waals surface area contributed by atoms with E-state index in [2.05, 4.69) is 10.3 Å². The third-order valence-corrected chi connectivity index (χ3v) is 4.52. The Morgan fingerprint density at radius 1 is 1.53 bits per heavy atom. The molecule has 1 aliphatic heterocycles. The van der Waals surface area contributed by atoms with Crippen molar-refractivity contribution in [2.75, 3.05) is 18.1 Å². The minimum atomic E-state index is -0.736. The molecule has 104 valence electrons. The lowest BCUT2D eigenvalue weighted by molar-refractivity contribution is 0.0311. The predicted molar refractivity (Wildman–Crippen MR) is 77.5 cm³/mol. The van der Waals surface area contributed by atoms with Gasteiger partial charge in [-0.2, -0.15) is 11.8 Å². The van der Waals surface area contributed by atoms with Crippen LogP contribution in [0.15, 0.2) is 18.5 Å². The number of aliphatic hydroxyl groups is 1. The first-order valence-corrected chi connectivity index (χ1v) is 7.81. The number of aromatic nitrogens is 1. The number of nitrogens with one attached hydrogen (secondary N) is 1. The number of hydrogen-bond acceptors (Lipinski definition) is 4. The summed E-state index contributed by atoms with van der Waals surface area (Å²) in [4.78, 5) is 16.2. The molecule has 1 fully saturated rings. The second-order valence-corrected chi connectivity index (χ2v) is 6.13. The lowest BCUT2D eigenvalue weighted by Crippen LogP contribution is -2.45. The zero-order valence-electron chi connectivity index (χ0n) is 11.2. The Labute approximate surface area is 118 Å². The van der Waals surface area contributed by atoms with Crippen LogP contribution >= 0.6 is 11.8 Å². The highest BCUT2D eigenvalue weighted by Gasteiger charge is 2.30. The summed E-state index contributed by atoms with van der Waals surface area (Å²) >= 11 is 1.85.